The lowest BCUT2D eigenvalue weighted by Gasteiger charge is -2.19. The second kappa shape index (κ2) is 11.5. The van der Waals surface area contributed by atoms with Crippen molar-refractivity contribution in [2.75, 3.05) is 4.90 Å². The Bertz CT molecular complexity index is 1680. The molecule has 2 amide bonds. The highest BCUT2D eigenvalue weighted by molar-refractivity contribution is 6.35. The number of benzene rings is 3. The van der Waals surface area contributed by atoms with Crippen LogP contribution in [-0.4, -0.2) is 34.7 Å². The van der Waals surface area contributed by atoms with E-state index in [1.54, 1.807) is 79.7 Å². The molecule has 2 heterocycles. The molecule has 1 aromatic heterocycles. The minimum Gasteiger partial charge on any atom is -0.450 e. The van der Waals surface area contributed by atoms with Gasteiger partial charge in [-0.2, -0.15) is 0 Å². The number of para-hydroxylation sites is 1. The lowest BCUT2D eigenvalue weighted by atomic mass is 9.81. The minimum atomic E-state index is -0.954. The maximum absolute atomic E-state index is 13.6. The van der Waals surface area contributed by atoms with E-state index in [1.165, 1.54) is 4.90 Å². The monoisotopic (exact) mass is 580 g/mol. The van der Waals surface area contributed by atoms with E-state index in [9.17, 15) is 19.2 Å². The zero-order valence-corrected chi connectivity index (χ0v) is 23.8. The van der Waals surface area contributed by atoms with Gasteiger partial charge in [0.15, 0.2) is 6.10 Å². The fourth-order valence-corrected chi connectivity index (χ4v) is 6.25. The summed E-state index contributed by atoms with van der Waals surface area (Å²) >= 11 is 6.51. The van der Waals surface area contributed by atoms with Crippen LogP contribution < -0.4 is 4.90 Å². The average molecular weight is 581 g/mol. The summed E-state index contributed by atoms with van der Waals surface area (Å²) in [5, 5.41) is 0.869. The highest BCUT2D eigenvalue weighted by Crippen LogP contribution is 2.40. The van der Waals surface area contributed by atoms with Crippen LogP contribution in [0.3, 0.4) is 0 Å². The molecule has 1 aliphatic carbocycles. The van der Waals surface area contributed by atoms with Gasteiger partial charge in [0.2, 0.25) is 17.6 Å². The fraction of sp³-hybridized carbons (Fsp3) is 0.265. The van der Waals surface area contributed by atoms with Gasteiger partial charge in [0.25, 0.3) is 0 Å². The van der Waals surface area contributed by atoms with Crippen LogP contribution in [0.5, 0.6) is 0 Å². The molecule has 2 aliphatic rings. The van der Waals surface area contributed by atoms with E-state index in [-0.39, 0.29) is 35.0 Å². The van der Waals surface area contributed by atoms with Crippen molar-refractivity contribution in [3.05, 3.63) is 95.0 Å². The first-order valence-corrected chi connectivity index (χ1v) is 14.6. The van der Waals surface area contributed by atoms with Crippen molar-refractivity contribution >= 4 is 51.8 Å². The van der Waals surface area contributed by atoms with Gasteiger partial charge in [-0.05, 0) is 43.5 Å². The van der Waals surface area contributed by atoms with Crippen molar-refractivity contribution in [1.29, 1.82) is 0 Å². The standard InChI is InChI=1S/C34H29ClN2O5/c1-2-29(31(38)21-9-4-3-5-10-21)42-34(41)26-19-28(36-30-23(26)13-8-14-27(30)35)20-15-17-22(18-16-20)37-32(39)24-11-6-7-12-25(24)33(37)40/h3-5,8-10,13-19,24-25,29H,2,6-7,11-12H2,1H3. The summed E-state index contributed by atoms with van der Waals surface area (Å²) in [6, 6.07) is 22.5. The van der Waals surface area contributed by atoms with Crippen molar-refractivity contribution in [2.24, 2.45) is 11.8 Å². The summed E-state index contributed by atoms with van der Waals surface area (Å²) < 4.78 is 5.76. The molecule has 0 bridgehead atoms. The highest BCUT2D eigenvalue weighted by atomic mass is 35.5. The summed E-state index contributed by atoms with van der Waals surface area (Å²) in [6.45, 7) is 1.79. The number of carbonyl (C=O) groups excluding carboxylic acids is 4. The normalized spacial score (nSPS) is 19.0. The molecule has 3 atom stereocenters. The molecule has 6 rings (SSSR count). The second-order valence-corrected chi connectivity index (χ2v) is 11.2. The molecule has 3 aromatic carbocycles. The van der Waals surface area contributed by atoms with Crippen LogP contribution in [0, 0.1) is 11.8 Å². The number of amides is 2. The third kappa shape index (κ3) is 4.98. The molecular formula is C34H29ClN2O5. The predicted octanol–water partition coefficient (Wildman–Crippen LogP) is 7.05. The van der Waals surface area contributed by atoms with Gasteiger partial charge >= 0.3 is 5.97 Å². The number of esters is 1. The smallest absolute Gasteiger partial charge is 0.339 e. The molecular weight excluding hydrogens is 552 g/mol. The van der Waals surface area contributed by atoms with E-state index < -0.39 is 12.1 Å². The number of hydrogen-bond donors (Lipinski definition) is 0. The Morgan fingerprint density at radius 1 is 0.929 bits per heavy atom. The number of ketones is 1. The molecule has 1 saturated carbocycles. The van der Waals surface area contributed by atoms with Crippen LogP contribution >= 0.6 is 11.6 Å². The number of hydrogen-bond acceptors (Lipinski definition) is 6. The molecule has 42 heavy (non-hydrogen) atoms. The number of Topliss-reactive ketones (excluding diaryl/α,β-unsaturated/α-hetero) is 1. The van der Waals surface area contributed by atoms with Gasteiger partial charge in [0.1, 0.15) is 0 Å². The van der Waals surface area contributed by atoms with Gasteiger partial charge in [-0.15, -0.1) is 0 Å². The van der Waals surface area contributed by atoms with Crippen LogP contribution in [0.25, 0.3) is 22.2 Å². The van der Waals surface area contributed by atoms with Crippen LogP contribution in [0.4, 0.5) is 5.69 Å². The van der Waals surface area contributed by atoms with Crippen molar-refractivity contribution in [1.82, 2.24) is 4.98 Å². The van der Waals surface area contributed by atoms with Gasteiger partial charge in [0.05, 0.1) is 39.3 Å². The number of imide groups is 1. The Kier molecular flexibility index (Phi) is 7.60. The van der Waals surface area contributed by atoms with Crippen LogP contribution in [0.1, 0.15) is 59.7 Å². The number of nitrogens with zero attached hydrogens (tertiary/aromatic N) is 2. The molecule has 8 heteroatoms. The summed E-state index contributed by atoms with van der Waals surface area (Å²) in [4.78, 5) is 58.8. The lowest BCUT2D eigenvalue weighted by molar-refractivity contribution is -0.122. The number of pyridine rings is 1. The van der Waals surface area contributed by atoms with Crippen LogP contribution in [-0.2, 0) is 14.3 Å². The molecule has 1 aliphatic heterocycles. The quantitative estimate of drug-likeness (QED) is 0.132. The van der Waals surface area contributed by atoms with E-state index in [2.05, 4.69) is 0 Å². The zero-order valence-electron chi connectivity index (χ0n) is 23.1. The molecule has 1 saturated heterocycles. The Morgan fingerprint density at radius 2 is 1.60 bits per heavy atom. The Balaban J connectivity index is 1.32. The van der Waals surface area contributed by atoms with Gasteiger partial charge < -0.3 is 4.74 Å². The number of rotatable bonds is 7. The van der Waals surface area contributed by atoms with Gasteiger partial charge in [-0.1, -0.05) is 86.0 Å². The van der Waals surface area contributed by atoms with Crippen LogP contribution in [0.15, 0.2) is 78.9 Å². The third-order valence-corrected chi connectivity index (χ3v) is 8.55. The van der Waals surface area contributed by atoms with Crippen molar-refractivity contribution in [3.8, 4) is 11.3 Å². The SMILES string of the molecule is CCC(OC(=O)c1cc(-c2ccc(N3C(=O)C4CCCCC4C3=O)cc2)nc2c(Cl)cccc12)C(=O)c1ccccc1. The second-order valence-electron chi connectivity index (χ2n) is 10.8. The predicted molar refractivity (Wildman–Crippen MR) is 160 cm³/mol. The first-order chi connectivity index (χ1) is 20.4. The summed E-state index contributed by atoms with van der Waals surface area (Å²) in [5.74, 6) is -1.66. The summed E-state index contributed by atoms with van der Waals surface area (Å²) in [5.41, 5.74) is 2.77. The topological polar surface area (TPSA) is 93.6 Å². The number of carbonyl (C=O) groups is 4. The van der Waals surface area contributed by atoms with E-state index in [4.69, 9.17) is 21.3 Å². The fourth-order valence-electron chi connectivity index (χ4n) is 6.03. The van der Waals surface area contributed by atoms with E-state index in [1.807, 2.05) is 6.07 Å². The molecule has 2 fully saturated rings. The van der Waals surface area contributed by atoms with Crippen molar-refractivity contribution in [2.45, 2.75) is 45.1 Å². The molecule has 0 radical (unpaired) electrons. The molecule has 0 spiro atoms. The number of aromatic nitrogens is 1. The Labute approximate surface area is 248 Å². The summed E-state index contributed by atoms with van der Waals surface area (Å²) in [6.07, 6.45) is 2.79. The zero-order chi connectivity index (χ0) is 29.4. The highest BCUT2D eigenvalue weighted by Gasteiger charge is 2.48. The minimum absolute atomic E-state index is 0.131. The van der Waals surface area contributed by atoms with Crippen LogP contribution in [0.2, 0.25) is 5.02 Å². The largest absolute Gasteiger partial charge is 0.450 e. The molecule has 0 N–H and O–H groups in total. The maximum atomic E-state index is 13.6. The summed E-state index contributed by atoms with van der Waals surface area (Å²) in [7, 11) is 0. The first-order valence-electron chi connectivity index (χ1n) is 14.2. The number of anilines is 1. The van der Waals surface area contributed by atoms with Gasteiger partial charge in [0, 0.05) is 16.5 Å². The Hall–Kier alpha value is -4.36. The Morgan fingerprint density at radius 3 is 2.24 bits per heavy atom. The van der Waals surface area contributed by atoms with Gasteiger partial charge in [-0.25, -0.2) is 9.78 Å². The van der Waals surface area contributed by atoms with Crippen molar-refractivity contribution < 1.29 is 23.9 Å². The maximum Gasteiger partial charge on any atom is 0.339 e. The van der Waals surface area contributed by atoms with E-state index >= 15 is 0 Å². The average Bonchev–Trinajstić information content (AvgIpc) is 3.29. The van der Waals surface area contributed by atoms with E-state index in [0.29, 0.717) is 44.9 Å². The number of fused-ring (bicyclic) bond motifs is 2. The van der Waals surface area contributed by atoms with E-state index in [0.717, 1.165) is 25.7 Å². The number of halogens is 1. The molecule has 7 nitrogen and oxygen atoms in total. The first kappa shape index (κ1) is 27.8. The lowest BCUT2D eigenvalue weighted by Crippen LogP contribution is -2.30. The molecule has 4 aromatic rings. The molecule has 3 unspecified atom stereocenters. The van der Waals surface area contributed by atoms with Crippen molar-refractivity contribution in [3.63, 3.8) is 0 Å². The van der Waals surface area contributed by atoms with Gasteiger partial charge in [-0.3, -0.25) is 19.3 Å². The number of ether oxygens (including phenoxy) is 1. The molecule has 212 valence electrons. The third-order valence-electron chi connectivity index (χ3n) is 8.24.